The Labute approximate surface area is 71.3 Å². The van der Waals surface area contributed by atoms with E-state index in [-0.39, 0.29) is 6.03 Å². The van der Waals surface area contributed by atoms with E-state index in [4.69, 9.17) is 9.84 Å². The number of nitrogens with zero attached hydrogens (tertiary/aromatic N) is 1. The zero-order valence-corrected chi connectivity index (χ0v) is 7.12. The second-order valence-electron chi connectivity index (χ2n) is 2.72. The molecule has 2 amide bonds. The van der Waals surface area contributed by atoms with Crippen LogP contribution in [-0.4, -0.2) is 48.6 Å². The van der Waals surface area contributed by atoms with Gasteiger partial charge in [0.2, 0.25) is 0 Å². The molecule has 0 aromatic carbocycles. The molecule has 1 atom stereocenters. The molecule has 0 radical (unpaired) electrons. The van der Waals surface area contributed by atoms with Crippen LogP contribution >= 0.6 is 0 Å². The van der Waals surface area contributed by atoms with Gasteiger partial charge in [0.15, 0.2) is 0 Å². The fourth-order valence-corrected chi connectivity index (χ4v) is 1.04. The Morgan fingerprint density at radius 1 is 1.58 bits per heavy atom. The molecule has 0 aromatic rings. The third-order valence-corrected chi connectivity index (χ3v) is 1.63. The largest absolute Gasteiger partial charge is 0.378 e. The van der Waals surface area contributed by atoms with E-state index in [1.807, 2.05) is 0 Å². The van der Waals surface area contributed by atoms with Gasteiger partial charge < -0.3 is 20.1 Å². The normalized spacial score (nSPS) is 20.3. The molecule has 1 fully saturated rings. The van der Waals surface area contributed by atoms with Gasteiger partial charge in [0.05, 0.1) is 13.2 Å². The Hall–Kier alpha value is -0.810. The van der Waals surface area contributed by atoms with Crippen LogP contribution in [-0.2, 0) is 4.74 Å². The maximum atomic E-state index is 11.2. The summed E-state index contributed by atoms with van der Waals surface area (Å²) in [4.78, 5) is 12.8. The van der Waals surface area contributed by atoms with Crippen LogP contribution in [0.2, 0.25) is 0 Å². The Balaban J connectivity index is 2.30. The monoisotopic (exact) mass is 174 g/mol. The number of aliphatic hydroxyl groups excluding tert-OH is 1. The predicted octanol–water partition coefficient (Wildman–Crippen LogP) is -0.634. The number of aliphatic hydroxyl groups is 1. The number of ether oxygens (including phenoxy) is 1. The van der Waals surface area contributed by atoms with Gasteiger partial charge in [-0.15, -0.1) is 0 Å². The topological polar surface area (TPSA) is 61.8 Å². The van der Waals surface area contributed by atoms with Crippen LogP contribution in [0.1, 0.15) is 6.92 Å². The minimum atomic E-state index is -0.791. The highest BCUT2D eigenvalue weighted by Gasteiger charge is 2.16. The van der Waals surface area contributed by atoms with Gasteiger partial charge in [0, 0.05) is 13.1 Å². The zero-order valence-electron chi connectivity index (χ0n) is 7.12. The minimum absolute atomic E-state index is 0.228. The fraction of sp³-hybridized carbons (Fsp3) is 0.857. The summed E-state index contributed by atoms with van der Waals surface area (Å²) < 4.78 is 5.07. The first-order valence-electron chi connectivity index (χ1n) is 4.01. The molecule has 5 heteroatoms. The average Bonchev–Trinajstić information content (AvgIpc) is 2.05. The molecule has 0 aromatic heterocycles. The van der Waals surface area contributed by atoms with Crippen LogP contribution in [0, 0.1) is 0 Å². The van der Waals surface area contributed by atoms with Crippen molar-refractivity contribution in [2.24, 2.45) is 0 Å². The Bertz CT molecular complexity index is 155. The van der Waals surface area contributed by atoms with Crippen molar-refractivity contribution >= 4 is 6.03 Å². The van der Waals surface area contributed by atoms with E-state index in [1.165, 1.54) is 6.92 Å². The summed E-state index contributed by atoms with van der Waals surface area (Å²) in [5.74, 6) is 0. The molecular formula is C7H14N2O3. The molecule has 1 aliphatic rings. The molecule has 0 aliphatic carbocycles. The molecule has 1 saturated heterocycles. The number of rotatable bonds is 1. The summed E-state index contributed by atoms with van der Waals surface area (Å²) in [6.45, 7) is 3.86. The van der Waals surface area contributed by atoms with Crippen molar-refractivity contribution in [3.63, 3.8) is 0 Å². The van der Waals surface area contributed by atoms with Gasteiger partial charge in [-0.3, -0.25) is 0 Å². The number of hydrogen-bond donors (Lipinski definition) is 2. The van der Waals surface area contributed by atoms with E-state index in [9.17, 15) is 4.79 Å². The summed E-state index contributed by atoms with van der Waals surface area (Å²) in [5, 5.41) is 11.3. The number of carbonyl (C=O) groups is 1. The van der Waals surface area contributed by atoms with E-state index in [0.717, 1.165) is 0 Å². The van der Waals surface area contributed by atoms with Crippen LogP contribution in [0.3, 0.4) is 0 Å². The molecule has 0 bridgehead atoms. The van der Waals surface area contributed by atoms with E-state index in [0.29, 0.717) is 26.3 Å². The van der Waals surface area contributed by atoms with E-state index < -0.39 is 6.23 Å². The Morgan fingerprint density at radius 3 is 2.67 bits per heavy atom. The number of urea groups is 1. The molecule has 0 spiro atoms. The molecule has 0 saturated carbocycles. The van der Waals surface area contributed by atoms with Gasteiger partial charge in [-0.05, 0) is 6.92 Å². The first-order valence-corrected chi connectivity index (χ1v) is 4.01. The van der Waals surface area contributed by atoms with Crippen LogP contribution < -0.4 is 5.32 Å². The summed E-state index contributed by atoms with van der Waals surface area (Å²) in [7, 11) is 0. The van der Waals surface area contributed by atoms with E-state index in [2.05, 4.69) is 5.32 Å². The maximum Gasteiger partial charge on any atom is 0.319 e. The lowest BCUT2D eigenvalue weighted by atomic mass is 10.4. The standard InChI is InChI=1S/C7H14N2O3/c1-6(10)8-7(11)9-2-4-12-5-3-9/h6,10H,2-5H2,1H3,(H,8,11). The molecule has 70 valence electrons. The fourth-order valence-electron chi connectivity index (χ4n) is 1.04. The highest BCUT2D eigenvalue weighted by Crippen LogP contribution is 1.96. The van der Waals surface area contributed by atoms with Crippen molar-refractivity contribution in [3.05, 3.63) is 0 Å². The summed E-state index contributed by atoms with van der Waals surface area (Å²) in [5.41, 5.74) is 0. The van der Waals surface area contributed by atoms with Crippen molar-refractivity contribution in [1.82, 2.24) is 10.2 Å². The quantitative estimate of drug-likeness (QED) is 0.520. The first-order chi connectivity index (χ1) is 5.70. The zero-order chi connectivity index (χ0) is 8.97. The Kier molecular flexibility index (Phi) is 3.31. The molecule has 1 unspecified atom stereocenters. The molecule has 12 heavy (non-hydrogen) atoms. The molecule has 1 aliphatic heterocycles. The molecule has 1 heterocycles. The minimum Gasteiger partial charge on any atom is -0.378 e. The van der Waals surface area contributed by atoms with E-state index >= 15 is 0 Å². The first kappa shape index (κ1) is 9.28. The van der Waals surface area contributed by atoms with Gasteiger partial charge in [-0.1, -0.05) is 0 Å². The van der Waals surface area contributed by atoms with Crippen molar-refractivity contribution < 1.29 is 14.6 Å². The Morgan fingerprint density at radius 2 is 2.17 bits per heavy atom. The summed E-state index contributed by atoms with van der Waals surface area (Å²) >= 11 is 0. The number of morpholine rings is 1. The van der Waals surface area contributed by atoms with Crippen molar-refractivity contribution in [3.8, 4) is 0 Å². The predicted molar refractivity (Wildman–Crippen MR) is 42.6 cm³/mol. The lowest BCUT2D eigenvalue weighted by Gasteiger charge is -2.27. The second-order valence-corrected chi connectivity index (χ2v) is 2.72. The van der Waals surface area contributed by atoms with Gasteiger partial charge in [0.1, 0.15) is 6.23 Å². The second kappa shape index (κ2) is 4.27. The van der Waals surface area contributed by atoms with Gasteiger partial charge >= 0.3 is 6.03 Å². The van der Waals surface area contributed by atoms with Crippen molar-refractivity contribution in [2.75, 3.05) is 26.3 Å². The van der Waals surface area contributed by atoms with Gasteiger partial charge in [0.25, 0.3) is 0 Å². The number of amides is 2. The van der Waals surface area contributed by atoms with Gasteiger partial charge in [-0.2, -0.15) is 0 Å². The maximum absolute atomic E-state index is 11.2. The van der Waals surface area contributed by atoms with E-state index in [1.54, 1.807) is 4.90 Å². The highest BCUT2D eigenvalue weighted by atomic mass is 16.5. The van der Waals surface area contributed by atoms with Crippen LogP contribution in [0.4, 0.5) is 4.79 Å². The van der Waals surface area contributed by atoms with Crippen LogP contribution in [0.25, 0.3) is 0 Å². The molecular weight excluding hydrogens is 160 g/mol. The lowest BCUT2D eigenvalue weighted by Crippen LogP contribution is -2.48. The summed E-state index contributed by atoms with van der Waals surface area (Å²) in [6, 6.07) is -0.228. The number of carbonyl (C=O) groups excluding carboxylic acids is 1. The molecule has 2 N–H and O–H groups in total. The SMILES string of the molecule is CC(O)NC(=O)N1CCOCC1. The average molecular weight is 174 g/mol. The number of nitrogens with one attached hydrogen (secondary N) is 1. The third-order valence-electron chi connectivity index (χ3n) is 1.63. The highest BCUT2D eigenvalue weighted by molar-refractivity contribution is 5.74. The van der Waals surface area contributed by atoms with Crippen molar-refractivity contribution in [1.29, 1.82) is 0 Å². The van der Waals surface area contributed by atoms with Crippen LogP contribution in [0.15, 0.2) is 0 Å². The third kappa shape index (κ3) is 2.67. The smallest absolute Gasteiger partial charge is 0.319 e. The number of hydrogen-bond acceptors (Lipinski definition) is 3. The summed E-state index contributed by atoms with van der Waals surface area (Å²) in [6.07, 6.45) is -0.791. The van der Waals surface area contributed by atoms with Crippen molar-refractivity contribution in [2.45, 2.75) is 13.2 Å². The van der Waals surface area contributed by atoms with Gasteiger partial charge in [-0.25, -0.2) is 4.79 Å². The van der Waals surface area contributed by atoms with Crippen LogP contribution in [0.5, 0.6) is 0 Å². The lowest BCUT2D eigenvalue weighted by molar-refractivity contribution is 0.0480. The molecule has 1 rings (SSSR count). The molecule has 5 nitrogen and oxygen atoms in total.